The van der Waals surface area contributed by atoms with Crippen molar-refractivity contribution in [2.75, 3.05) is 13.6 Å². The Balaban J connectivity index is 1.85. The van der Waals surface area contributed by atoms with Gasteiger partial charge in [-0.2, -0.15) is 0 Å². The van der Waals surface area contributed by atoms with E-state index in [0.29, 0.717) is 13.1 Å². The van der Waals surface area contributed by atoms with Crippen LogP contribution in [0.5, 0.6) is 0 Å². The first-order chi connectivity index (χ1) is 10.6. The number of likely N-dealkylation sites (N-methyl/N-ethyl adjacent to an activating group) is 1. The average Bonchev–Trinajstić information content (AvgIpc) is 2.50. The number of rotatable bonds is 6. The van der Waals surface area contributed by atoms with E-state index in [2.05, 4.69) is 5.32 Å². The molecule has 1 amide bonds. The van der Waals surface area contributed by atoms with Gasteiger partial charge in [0.25, 0.3) is 0 Å². The molecule has 0 bridgehead atoms. The van der Waals surface area contributed by atoms with Crippen LogP contribution in [0, 0.1) is 0 Å². The third-order valence-corrected chi connectivity index (χ3v) is 3.86. The highest BCUT2D eigenvalue weighted by Gasteiger charge is 2.12. The molecule has 2 rings (SSSR count). The number of carbonyl (C=O) groups excluding carboxylic acids is 1. The molecule has 1 unspecified atom stereocenters. The average molecular weight is 317 g/mol. The Morgan fingerprint density at radius 3 is 2.45 bits per heavy atom. The molecule has 4 heteroatoms. The quantitative estimate of drug-likeness (QED) is 0.882. The second-order valence-electron chi connectivity index (χ2n) is 5.46. The highest BCUT2D eigenvalue weighted by Crippen LogP contribution is 2.16. The number of amides is 1. The van der Waals surface area contributed by atoms with Crippen LogP contribution in [0.3, 0.4) is 0 Å². The van der Waals surface area contributed by atoms with Crippen molar-refractivity contribution in [1.82, 2.24) is 10.2 Å². The van der Waals surface area contributed by atoms with Crippen LogP contribution in [-0.4, -0.2) is 24.4 Å². The Hall–Kier alpha value is -1.84. The molecule has 0 aliphatic carbocycles. The van der Waals surface area contributed by atoms with Crippen molar-refractivity contribution < 1.29 is 4.79 Å². The van der Waals surface area contributed by atoms with Crippen LogP contribution in [0.2, 0.25) is 5.02 Å². The molecule has 0 saturated heterocycles. The summed E-state index contributed by atoms with van der Waals surface area (Å²) in [5, 5.41) is 3.74. The third kappa shape index (κ3) is 4.86. The minimum atomic E-state index is 0.00223. The summed E-state index contributed by atoms with van der Waals surface area (Å²) < 4.78 is 0. The van der Waals surface area contributed by atoms with Crippen molar-refractivity contribution in [1.29, 1.82) is 0 Å². The maximum atomic E-state index is 12.1. The Labute approximate surface area is 136 Å². The fourth-order valence-corrected chi connectivity index (χ4v) is 2.53. The molecule has 22 heavy (non-hydrogen) atoms. The Morgan fingerprint density at radius 2 is 1.77 bits per heavy atom. The molecule has 0 aliphatic heterocycles. The van der Waals surface area contributed by atoms with Crippen LogP contribution < -0.4 is 5.32 Å². The van der Waals surface area contributed by atoms with E-state index in [9.17, 15) is 4.79 Å². The van der Waals surface area contributed by atoms with Gasteiger partial charge in [0.1, 0.15) is 0 Å². The summed E-state index contributed by atoms with van der Waals surface area (Å²) in [5.41, 5.74) is 2.13. The first-order valence-corrected chi connectivity index (χ1v) is 7.70. The number of hydrogen-bond acceptors (Lipinski definition) is 2. The predicted octanol–water partition coefficient (Wildman–Crippen LogP) is 3.65. The summed E-state index contributed by atoms with van der Waals surface area (Å²) in [4.78, 5) is 14.1. The van der Waals surface area contributed by atoms with E-state index in [-0.39, 0.29) is 11.9 Å². The van der Waals surface area contributed by atoms with Crippen LogP contribution in [0.4, 0.5) is 0 Å². The molecule has 0 aliphatic rings. The summed E-state index contributed by atoms with van der Waals surface area (Å²) in [6, 6.07) is 17.6. The third-order valence-electron chi connectivity index (χ3n) is 3.49. The van der Waals surface area contributed by atoms with Crippen molar-refractivity contribution in [2.24, 2.45) is 0 Å². The van der Waals surface area contributed by atoms with Crippen LogP contribution in [0.15, 0.2) is 54.6 Å². The molecule has 116 valence electrons. The lowest BCUT2D eigenvalue weighted by Gasteiger charge is -2.19. The van der Waals surface area contributed by atoms with Gasteiger partial charge in [-0.15, -0.1) is 0 Å². The zero-order valence-electron chi connectivity index (χ0n) is 12.9. The summed E-state index contributed by atoms with van der Waals surface area (Å²) in [6.45, 7) is 2.97. The molecule has 1 atom stereocenters. The van der Waals surface area contributed by atoms with Crippen LogP contribution >= 0.6 is 11.6 Å². The zero-order valence-corrected chi connectivity index (χ0v) is 13.7. The largest absolute Gasteiger partial charge is 0.348 e. The van der Waals surface area contributed by atoms with Crippen molar-refractivity contribution in [2.45, 2.75) is 19.5 Å². The van der Waals surface area contributed by atoms with Crippen molar-refractivity contribution in [3.05, 3.63) is 70.7 Å². The lowest BCUT2D eigenvalue weighted by atomic mass is 10.1. The van der Waals surface area contributed by atoms with Gasteiger partial charge in [0.2, 0.25) is 5.91 Å². The molecule has 1 N–H and O–H groups in total. The van der Waals surface area contributed by atoms with Gasteiger partial charge in [0, 0.05) is 11.6 Å². The highest BCUT2D eigenvalue weighted by molar-refractivity contribution is 6.31. The van der Waals surface area contributed by atoms with Gasteiger partial charge in [0.15, 0.2) is 0 Å². The SMILES string of the molecule is CC(NC(=O)CN(C)Cc1ccccc1Cl)c1ccccc1. The summed E-state index contributed by atoms with van der Waals surface area (Å²) >= 11 is 6.14. The molecule has 0 heterocycles. The summed E-state index contributed by atoms with van der Waals surface area (Å²) in [6.07, 6.45) is 0. The maximum absolute atomic E-state index is 12.1. The van der Waals surface area contributed by atoms with Crippen LogP contribution in [-0.2, 0) is 11.3 Å². The first-order valence-electron chi connectivity index (χ1n) is 7.32. The number of nitrogens with zero attached hydrogens (tertiary/aromatic N) is 1. The van der Waals surface area contributed by atoms with E-state index in [0.717, 1.165) is 16.1 Å². The van der Waals surface area contributed by atoms with E-state index in [4.69, 9.17) is 11.6 Å². The normalized spacial score (nSPS) is 12.2. The molecule has 0 spiro atoms. The fraction of sp³-hybridized carbons (Fsp3) is 0.278. The second-order valence-corrected chi connectivity index (χ2v) is 5.87. The smallest absolute Gasteiger partial charge is 0.234 e. The van der Waals surface area contributed by atoms with Gasteiger partial charge in [0.05, 0.1) is 12.6 Å². The van der Waals surface area contributed by atoms with Gasteiger partial charge >= 0.3 is 0 Å². The lowest BCUT2D eigenvalue weighted by molar-refractivity contribution is -0.122. The van der Waals surface area contributed by atoms with E-state index < -0.39 is 0 Å². The molecule has 0 fully saturated rings. The lowest BCUT2D eigenvalue weighted by Crippen LogP contribution is -2.36. The molecule has 2 aromatic carbocycles. The number of hydrogen-bond donors (Lipinski definition) is 1. The number of carbonyl (C=O) groups is 1. The first kappa shape index (κ1) is 16.5. The van der Waals surface area contributed by atoms with Crippen molar-refractivity contribution in [3.8, 4) is 0 Å². The van der Waals surface area contributed by atoms with Gasteiger partial charge in [-0.1, -0.05) is 60.1 Å². The van der Waals surface area contributed by atoms with Crippen molar-refractivity contribution >= 4 is 17.5 Å². The highest BCUT2D eigenvalue weighted by atomic mass is 35.5. The Kier molecular flexibility index (Phi) is 5.99. The van der Waals surface area contributed by atoms with Crippen molar-refractivity contribution in [3.63, 3.8) is 0 Å². The topological polar surface area (TPSA) is 32.3 Å². The van der Waals surface area contributed by atoms with Crippen LogP contribution in [0.1, 0.15) is 24.1 Å². The number of benzene rings is 2. The minimum Gasteiger partial charge on any atom is -0.348 e. The summed E-state index contributed by atoms with van der Waals surface area (Å²) in [7, 11) is 1.91. The standard InChI is InChI=1S/C18H21ClN2O/c1-14(15-8-4-3-5-9-15)20-18(22)13-21(2)12-16-10-6-7-11-17(16)19/h3-11,14H,12-13H2,1-2H3,(H,20,22). The molecule has 0 radical (unpaired) electrons. The predicted molar refractivity (Wildman–Crippen MR) is 90.8 cm³/mol. The molecule has 0 aromatic heterocycles. The molecular formula is C18H21ClN2O. The molecule has 0 saturated carbocycles. The minimum absolute atomic E-state index is 0.00223. The zero-order chi connectivity index (χ0) is 15.9. The van der Waals surface area contributed by atoms with E-state index in [1.807, 2.05) is 73.5 Å². The van der Waals surface area contributed by atoms with Gasteiger partial charge in [-0.05, 0) is 31.2 Å². The Bertz CT molecular complexity index is 615. The van der Waals surface area contributed by atoms with E-state index in [1.165, 1.54) is 0 Å². The second kappa shape index (κ2) is 7.97. The monoisotopic (exact) mass is 316 g/mol. The summed E-state index contributed by atoms with van der Waals surface area (Å²) in [5.74, 6) is 0.00547. The molecule has 3 nitrogen and oxygen atoms in total. The van der Waals surface area contributed by atoms with E-state index >= 15 is 0 Å². The molecular weight excluding hydrogens is 296 g/mol. The number of halogens is 1. The number of nitrogens with one attached hydrogen (secondary N) is 1. The molecule has 2 aromatic rings. The maximum Gasteiger partial charge on any atom is 0.234 e. The van der Waals surface area contributed by atoms with Gasteiger partial charge < -0.3 is 5.32 Å². The van der Waals surface area contributed by atoms with E-state index in [1.54, 1.807) is 0 Å². The van der Waals surface area contributed by atoms with Gasteiger partial charge in [-0.25, -0.2) is 0 Å². The van der Waals surface area contributed by atoms with Crippen LogP contribution in [0.25, 0.3) is 0 Å². The van der Waals surface area contributed by atoms with Gasteiger partial charge in [-0.3, -0.25) is 9.69 Å². The fourth-order valence-electron chi connectivity index (χ4n) is 2.33. The Morgan fingerprint density at radius 1 is 1.14 bits per heavy atom.